The van der Waals surface area contributed by atoms with Crippen molar-refractivity contribution in [1.29, 1.82) is 0 Å². The molecule has 1 heterocycles. The van der Waals surface area contributed by atoms with Crippen molar-refractivity contribution in [2.45, 2.75) is 41.0 Å². The van der Waals surface area contributed by atoms with Gasteiger partial charge in [0.05, 0.1) is 11.5 Å². The van der Waals surface area contributed by atoms with Gasteiger partial charge in [-0.1, -0.05) is 31.5 Å². The molecule has 0 bridgehead atoms. The van der Waals surface area contributed by atoms with Crippen molar-refractivity contribution < 1.29 is 14.5 Å². The van der Waals surface area contributed by atoms with Crippen molar-refractivity contribution >= 4 is 28.9 Å². The number of hydrogen-bond donors (Lipinski definition) is 2. The van der Waals surface area contributed by atoms with Crippen molar-refractivity contribution in [2.24, 2.45) is 11.8 Å². The summed E-state index contributed by atoms with van der Waals surface area (Å²) in [5.41, 5.74) is 4.30. The van der Waals surface area contributed by atoms with Crippen LogP contribution in [0.3, 0.4) is 0 Å². The summed E-state index contributed by atoms with van der Waals surface area (Å²) in [6, 6.07) is 8.46. The lowest BCUT2D eigenvalue weighted by Gasteiger charge is -2.36. The standard InChI is InChI=1S/C25H32N4O4/c1-15-9-18(4)24(19(5)10-15)27-23(30)12-26-25(31)20-6-7-21(22(11-20)29(32)33)28-13-16(2)8-17(3)14-28/h6-7,9-11,16-17H,8,12-14H2,1-5H3,(H,26,31)(H,27,30). The van der Waals surface area contributed by atoms with Gasteiger partial charge in [0.1, 0.15) is 5.69 Å². The third-order valence-corrected chi connectivity index (χ3v) is 5.99. The van der Waals surface area contributed by atoms with Crippen LogP contribution in [0.2, 0.25) is 0 Å². The summed E-state index contributed by atoms with van der Waals surface area (Å²) in [5.74, 6) is -0.00960. The van der Waals surface area contributed by atoms with Gasteiger partial charge in [0.15, 0.2) is 0 Å². The maximum atomic E-state index is 12.6. The number of aryl methyl sites for hydroxylation is 3. The summed E-state index contributed by atoms with van der Waals surface area (Å²) in [6.07, 6.45) is 1.09. The van der Waals surface area contributed by atoms with Gasteiger partial charge < -0.3 is 15.5 Å². The lowest BCUT2D eigenvalue weighted by atomic mass is 9.91. The highest BCUT2D eigenvalue weighted by Crippen LogP contribution is 2.33. The van der Waals surface area contributed by atoms with Crippen LogP contribution in [-0.4, -0.2) is 36.4 Å². The molecule has 2 N–H and O–H groups in total. The monoisotopic (exact) mass is 452 g/mol. The Labute approximate surface area is 194 Å². The number of nitrogens with one attached hydrogen (secondary N) is 2. The average molecular weight is 453 g/mol. The Morgan fingerprint density at radius 1 is 1.06 bits per heavy atom. The number of nitro benzene ring substituents is 1. The molecular weight excluding hydrogens is 420 g/mol. The smallest absolute Gasteiger partial charge is 0.293 e. The summed E-state index contributed by atoms with van der Waals surface area (Å²) in [7, 11) is 0. The summed E-state index contributed by atoms with van der Waals surface area (Å²) in [4.78, 5) is 38.3. The van der Waals surface area contributed by atoms with Crippen LogP contribution in [0.5, 0.6) is 0 Å². The van der Waals surface area contributed by atoms with E-state index in [0.29, 0.717) is 17.5 Å². The Balaban J connectivity index is 1.69. The molecule has 2 aromatic carbocycles. The first-order chi connectivity index (χ1) is 15.5. The fourth-order valence-electron chi connectivity index (χ4n) is 4.76. The number of piperidine rings is 1. The Morgan fingerprint density at radius 2 is 1.67 bits per heavy atom. The fraction of sp³-hybridized carbons (Fsp3) is 0.440. The van der Waals surface area contributed by atoms with Crippen molar-refractivity contribution in [3.8, 4) is 0 Å². The molecule has 3 rings (SSSR count). The molecule has 1 aliphatic heterocycles. The van der Waals surface area contributed by atoms with E-state index in [0.717, 1.165) is 41.9 Å². The van der Waals surface area contributed by atoms with E-state index in [1.54, 1.807) is 12.1 Å². The number of anilines is 2. The maximum absolute atomic E-state index is 12.6. The molecule has 0 aliphatic carbocycles. The van der Waals surface area contributed by atoms with Gasteiger partial charge in [-0.2, -0.15) is 0 Å². The molecule has 0 saturated carbocycles. The molecule has 2 unspecified atom stereocenters. The van der Waals surface area contributed by atoms with Crippen LogP contribution in [0.15, 0.2) is 30.3 Å². The van der Waals surface area contributed by atoms with E-state index >= 15 is 0 Å². The summed E-state index contributed by atoms with van der Waals surface area (Å²) in [6.45, 7) is 11.4. The molecule has 1 saturated heterocycles. The molecule has 1 fully saturated rings. The van der Waals surface area contributed by atoms with Crippen LogP contribution in [0.25, 0.3) is 0 Å². The van der Waals surface area contributed by atoms with Crippen molar-refractivity contribution in [1.82, 2.24) is 5.32 Å². The van der Waals surface area contributed by atoms with E-state index in [9.17, 15) is 19.7 Å². The van der Waals surface area contributed by atoms with Crippen molar-refractivity contribution in [3.63, 3.8) is 0 Å². The van der Waals surface area contributed by atoms with E-state index in [-0.39, 0.29) is 23.7 Å². The van der Waals surface area contributed by atoms with Gasteiger partial charge in [-0.3, -0.25) is 19.7 Å². The molecule has 0 aromatic heterocycles. The number of carbonyl (C=O) groups is 2. The highest BCUT2D eigenvalue weighted by molar-refractivity contribution is 6.00. The molecule has 176 valence electrons. The van der Waals surface area contributed by atoms with Crippen LogP contribution >= 0.6 is 0 Å². The lowest BCUT2D eigenvalue weighted by molar-refractivity contribution is -0.384. The number of amides is 2. The first-order valence-corrected chi connectivity index (χ1v) is 11.2. The van der Waals surface area contributed by atoms with Crippen LogP contribution in [0.1, 0.15) is 47.3 Å². The highest BCUT2D eigenvalue weighted by Gasteiger charge is 2.28. The van der Waals surface area contributed by atoms with E-state index in [1.807, 2.05) is 37.8 Å². The molecule has 33 heavy (non-hydrogen) atoms. The first kappa shape index (κ1) is 24.2. The van der Waals surface area contributed by atoms with Gasteiger partial charge in [0.25, 0.3) is 11.6 Å². The fourth-order valence-corrected chi connectivity index (χ4v) is 4.76. The molecule has 1 aliphatic rings. The first-order valence-electron chi connectivity index (χ1n) is 11.2. The van der Waals surface area contributed by atoms with E-state index < -0.39 is 10.8 Å². The highest BCUT2D eigenvalue weighted by atomic mass is 16.6. The quantitative estimate of drug-likeness (QED) is 0.500. The molecule has 8 nitrogen and oxygen atoms in total. The third kappa shape index (κ3) is 5.88. The van der Waals surface area contributed by atoms with Crippen LogP contribution in [0.4, 0.5) is 17.1 Å². The second-order valence-electron chi connectivity index (χ2n) is 9.32. The summed E-state index contributed by atoms with van der Waals surface area (Å²) >= 11 is 0. The van der Waals surface area contributed by atoms with Crippen LogP contribution < -0.4 is 15.5 Å². The Bertz CT molecular complexity index is 1050. The molecule has 2 aromatic rings. The van der Waals surface area contributed by atoms with Crippen molar-refractivity contribution in [3.05, 3.63) is 62.7 Å². The topological polar surface area (TPSA) is 105 Å². The van der Waals surface area contributed by atoms with Gasteiger partial charge in [0.2, 0.25) is 5.91 Å². The number of nitro groups is 1. The predicted octanol–water partition coefficient (Wildman–Crippen LogP) is 4.37. The number of rotatable bonds is 6. The number of nitrogens with zero attached hydrogens (tertiary/aromatic N) is 2. The van der Waals surface area contributed by atoms with E-state index in [4.69, 9.17) is 0 Å². The van der Waals surface area contributed by atoms with Gasteiger partial charge in [0, 0.05) is 30.4 Å². The van der Waals surface area contributed by atoms with E-state index in [1.165, 1.54) is 6.07 Å². The molecule has 2 amide bonds. The Morgan fingerprint density at radius 3 is 2.24 bits per heavy atom. The molecule has 0 radical (unpaired) electrons. The predicted molar refractivity (Wildman–Crippen MR) is 130 cm³/mol. The largest absolute Gasteiger partial charge is 0.365 e. The minimum Gasteiger partial charge on any atom is -0.365 e. The van der Waals surface area contributed by atoms with Crippen LogP contribution in [0, 0.1) is 42.7 Å². The second kappa shape index (κ2) is 10.0. The summed E-state index contributed by atoms with van der Waals surface area (Å²) < 4.78 is 0. The van der Waals surface area contributed by atoms with Gasteiger partial charge >= 0.3 is 0 Å². The number of benzene rings is 2. The lowest BCUT2D eigenvalue weighted by Crippen LogP contribution is -2.39. The molecule has 2 atom stereocenters. The molecular formula is C25H32N4O4. The Hall–Kier alpha value is -3.42. The second-order valence-corrected chi connectivity index (χ2v) is 9.32. The maximum Gasteiger partial charge on any atom is 0.293 e. The third-order valence-electron chi connectivity index (χ3n) is 5.99. The zero-order chi connectivity index (χ0) is 24.3. The normalized spacial score (nSPS) is 18.0. The average Bonchev–Trinajstić information content (AvgIpc) is 2.73. The SMILES string of the molecule is Cc1cc(C)c(NC(=O)CNC(=O)c2ccc(N3CC(C)CC(C)C3)c([N+](=O)[O-])c2)c(C)c1. The minimum absolute atomic E-state index is 0.0979. The van der Waals surface area contributed by atoms with E-state index in [2.05, 4.69) is 24.5 Å². The summed E-state index contributed by atoms with van der Waals surface area (Å²) in [5, 5.41) is 17.1. The van der Waals surface area contributed by atoms with Gasteiger partial charge in [-0.05, 0) is 62.3 Å². The molecule has 8 heteroatoms. The Kier molecular flexibility index (Phi) is 7.36. The van der Waals surface area contributed by atoms with Gasteiger partial charge in [-0.15, -0.1) is 0 Å². The number of hydrogen-bond acceptors (Lipinski definition) is 5. The zero-order valence-electron chi connectivity index (χ0n) is 19.9. The van der Waals surface area contributed by atoms with Crippen LogP contribution in [-0.2, 0) is 4.79 Å². The molecule has 0 spiro atoms. The van der Waals surface area contributed by atoms with Gasteiger partial charge in [-0.25, -0.2) is 0 Å². The number of carbonyl (C=O) groups excluding carboxylic acids is 2. The zero-order valence-corrected chi connectivity index (χ0v) is 19.9. The van der Waals surface area contributed by atoms with Crippen molar-refractivity contribution in [2.75, 3.05) is 29.9 Å². The minimum atomic E-state index is -0.530.